The van der Waals surface area contributed by atoms with Gasteiger partial charge in [0.15, 0.2) is 5.76 Å². The topological polar surface area (TPSA) is 63.4 Å². The smallest absolute Gasteiger partial charge is 0.253 e. The molecule has 8 heteroatoms. The van der Waals surface area contributed by atoms with Crippen LogP contribution in [0.25, 0.3) is 0 Å². The molecule has 0 aromatic carbocycles. The second-order valence-corrected chi connectivity index (χ2v) is 9.28. The molecule has 2 aromatic rings. The van der Waals surface area contributed by atoms with Crippen molar-refractivity contribution in [3.05, 3.63) is 33.4 Å². The second kappa shape index (κ2) is 5.25. The molecule has 1 atom stereocenters. The van der Waals surface area contributed by atoms with Gasteiger partial charge >= 0.3 is 0 Å². The van der Waals surface area contributed by atoms with Gasteiger partial charge in [-0.25, -0.2) is 8.42 Å². The zero-order valence-electron chi connectivity index (χ0n) is 10.7. The van der Waals surface area contributed by atoms with Gasteiger partial charge in [-0.05, 0) is 47.8 Å². The molecule has 0 N–H and O–H groups in total. The van der Waals surface area contributed by atoms with E-state index in [1.165, 1.54) is 15.6 Å². The fraction of sp³-hybridized carbons (Fsp3) is 0.417. The van der Waals surface area contributed by atoms with E-state index in [0.717, 1.165) is 22.3 Å². The monoisotopic (exact) mass is 376 g/mol. The SMILES string of the molecule is Cc1cc([C@H]2CCCN2S(=O)(=O)c2ccc(Br)s2)on1. The van der Waals surface area contributed by atoms with E-state index >= 15 is 0 Å². The first kappa shape index (κ1) is 14.2. The molecule has 0 amide bonds. The molecule has 0 spiro atoms. The molecule has 1 saturated heterocycles. The van der Waals surface area contributed by atoms with Gasteiger partial charge in [-0.15, -0.1) is 11.3 Å². The molecule has 0 saturated carbocycles. The van der Waals surface area contributed by atoms with Crippen molar-refractivity contribution in [1.82, 2.24) is 9.46 Å². The molecule has 20 heavy (non-hydrogen) atoms. The maximum atomic E-state index is 12.7. The summed E-state index contributed by atoms with van der Waals surface area (Å²) >= 11 is 4.53. The van der Waals surface area contributed by atoms with E-state index in [9.17, 15) is 8.42 Å². The minimum Gasteiger partial charge on any atom is -0.359 e. The number of aryl methyl sites for hydroxylation is 1. The van der Waals surface area contributed by atoms with Gasteiger partial charge in [-0.2, -0.15) is 4.31 Å². The normalized spacial score (nSPS) is 20.6. The van der Waals surface area contributed by atoms with E-state index in [1.54, 1.807) is 12.1 Å². The Bertz CT molecular complexity index is 723. The molecule has 2 aromatic heterocycles. The van der Waals surface area contributed by atoms with E-state index in [1.807, 2.05) is 13.0 Å². The molecule has 0 radical (unpaired) electrons. The Morgan fingerprint density at radius 1 is 1.50 bits per heavy atom. The summed E-state index contributed by atoms with van der Waals surface area (Å²) in [6.45, 7) is 2.35. The Kier molecular flexibility index (Phi) is 3.74. The van der Waals surface area contributed by atoms with Crippen LogP contribution in [0.3, 0.4) is 0 Å². The maximum Gasteiger partial charge on any atom is 0.253 e. The summed E-state index contributed by atoms with van der Waals surface area (Å²) < 4.78 is 33.3. The average Bonchev–Trinajstić information content (AvgIpc) is 3.07. The summed E-state index contributed by atoms with van der Waals surface area (Å²) in [6, 6.07) is 4.94. The first-order chi connectivity index (χ1) is 9.48. The predicted molar refractivity (Wildman–Crippen MR) is 79.1 cm³/mol. The number of halogens is 1. The Hall–Kier alpha value is -0.700. The molecule has 1 aliphatic heterocycles. The van der Waals surface area contributed by atoms with Crippen molar-refractivity contribution in [3.63, 3.8) is 0 Å². The van der Waals surface area contributed by atoms with Crippen LogP contribution < -0.4 is 0 Å². The van der Waals surface area contributed by atoms with Crippen LogP contribution in [0.2, 0.25) is 0 Å². The Morgan fingerprint density at radius 3 is 2.90 bits per heavy atom. The highest BCUT2D eigenvalue weighted by Gasteiger charge is 2.38. The largest absolute Gasteiger partial charge is 0.359 e. The van der Waals surface area contributed by atoms with Gasteiger partial charge in [0.25, 0.3) is 10.0 Å². The fourth-order valence-corrected chi connectivity index (χ4v) is 6.21. The lowest BCUT2D eigenvalue weighted by Gasteiger charge is -2.21. The van der Waals surface area contributed by atoms with Crippen LogP contribution in [0.15, 0.2) is 30.7 Å². The standard InChI is InChI=1S/C12H13BrN2O3S2/c1-8-7-10(18-14-8)9-3-2-6-15(9)20(16,17)12-5-4-11(13)19-12/h4-5,7,9H,2-3,6H2,1H3/t9-/m1/s1. The molecule has 3 heterocycles. The quantitative estimate of drug-likeness (QED) is 0.823. The van der Waals surface area contributed by atoms with Crippen molar-refractivity contribution in [1.29, 1.82) is 0 Å². The molecule has 0 unspecified atom stereocenters. The van der Waals surface area contributed by atoms with Crippen LogP contribution in [-0.4, -0.2) is 24.4 Å². The van der Waals surface area contributed by atoms with Gasteiger partial charge < -0.3 is 4.52 Å². The minimum atomic E-state index is -3.47. The van der Waals surface area contributed by atoms with Gasteiger partial charge in [0.2, 0.25) is 0 Å². The van der Waals surface area contributed by atoms with E-state index in [0.29, 0.717) is 16.5 Å². The van der Waals surface area contributed by atoms with Crippen LogP contribution in [-0.2, 0) is 10.0 Å². The second-order valence-electron chi connectivity index (χ2n) is 4.70. The molecular formula is C12H13BrN2O3S2. The zero-order chi connectivity index (χ0) is 14.3. The Labute approximate surface area is 129 Å². The van der Waals surface area contributed by atoms with Crippen molar-refractivity contribution in [3.8, 4) is 0 Å². The van der Waals surface area contributed by atoms with Crippen molar-refractivity contribution in [2.75, 3.05) is 6.54 Å². The summed E-state index contributed by atoms with van der Waals surface area (Å²) in [5.41, 5.74) is 0.767. The molecule has 3 rings (SSSR count). The fourth-order valence-electron chi connectivity index (χ4n) is 2.40. The summed E-state index contributed by atoms with van der Waals surface area (Å²) in [4.78, 5) is 0. The van der Waals surface area contributed by atoms with Gasteiger partial charge in [-0.1, -0.05) is 5.16 Å². The van der Waals surface area contributed by atoms with E-state index in [-0.39, 0.29) is 6.04 Å². The molecule has 1 fully saturated rings. The average molecular weight is 377 g/mol. The number of aromatic nitrogens is 1. The minimum absolute atomic E-state index is 0.248. The highest BCUT2D eigenvalue weighted by Crippen LogP contribution is 2.38. The van der Waals surface area contributed by atoms with E-state index < -0.39 is 10.0 Å². The molecular weight excluding hydrogens is 364 g/mol. The lowest BCUT2D eigenvalue weighted by Crippen LogP contribution is -2.30. The third-order valence-electron chi connectivity index (χ3n) is 3.29. The first-order valence-corrected chi connectivity index (χ1v) is 9.24. The number of hydrogen-bond donors (Lipinski definition) is 0. The van der Waals surface area contributed by atoms with Crippen molar-refractivity contribution in [2.45, 2.75) is 30.0 Å². The van der Waals surface area contributed by atoms with E-state index in [4.69, 9.17) is 4.52 Å². The van der Waals surface area contributed by atoms with Gasteiger partial charge in [0.1, 0.15) is 4.21 Å². The first-order valence-electron chi connectivity index (χ1n) is 6.19. The lowest BCUT2D eigenvalue weighted by atomic mass is 10.2. The third-order valence-corrected chi connectivity index (χ3v) is 7.29. The van der Waals surface area contributed by atoms with Crippen LogP contribution >= 0.6 is 27.3 Å². The molecule has 0 bridgehead atoms. The number of hydrogen-bond acceptors (Lipinski definition) is 5. The molecule has 0 aliphatic carbocycles. The van der Waals surface area contributed by atoms with Gasteiger partial charge in [-0.3, -0.25) is 0 Å². The number of sulfonamides is 1. The molecule has 108 valence electrons. The lowest BCUT2D eigenvalue weighted by molar-refractivity contribution is 0.297. The van der Waals surface area contributed by atoms with Crippen LogP contribution in [0, 0.1) is 6.92 Å². The summed E-state index contributed by atoms with van der Waals surface area (Å²) in [6.07, 6.45) is 1.59. The Balaban J connectivity index is 1.96. The van der Waals surface area contributed by atoms with Gasteiger partial charge in [0.05, 0.1) is 15.5 Å². The van der Waals surface area contributed by atoms with Crippen LogP contribution in [0.4, 0.5) is 0 Å². The third kappa shape index (κ3) is 2.45. The van der Waals surface area contributed by atoms with Crippen molar-refractivity contribution < 1.29 is 12.9 Å². The van der Waals surface area contributed by atoms with Gasteiger partial charge in [0, 0.05) is 12.6 Å². The van der Waals surface area contributed by atoms with Crippen LogP contribution in [0.5, 0.6) is 0 Å². The predicted octanol–water partition coefficient (Wildman–Crippen LogP) is 3.33. The highest BCUT2D eigenvalue weighted by atomic mass is 79.9. The Morgan fingerprint density at radius 2 is 2.30 bits per heavy atom. The number of rotatable bonds is 3. The van der Waals surface area contributed by atoms with Crippen molar-refractivity contribution >= 4 is 37.3 Å². The zero-order valence-corrected chi connectivity index (χ0v) is 14.0. The van der Waals surface area contributed by atoms with Crippen molar-refractivity contribution in [2.24, 2.45) is 0 Å². The number of thiophene rings is 1. The number of nitrogens with zero attached hydrogens (tertiary/aromatic N) is 2. The molecule has 5 nitrogen and oxygen atoms in total. The summed E-state index contributed by atoms with van der Waals surface area (Å²) in [7, 11) is -3.47. The summed E-state index contributed by atoms with van der Waals surface area (Å²) in [5.74, 6) is 0.624. The molecule has 1 aliphatic rings. The summed E-state index contributed by atoms with van der Waals surface area (Å²) in [5, 5.41) is 3.85. The van der Waals surface area contributed by atoms with Crippen LogP contribution in [0.1, 0.15) is 30.3 Å². The highest BCUT2D eigenvalue weighted by molar-refractivity contribution is 9.11. The maximum absolute atomic E-state index is 12.7. The van der Waals surface area contributed by atoms with E-state index in [2.05, 4.69) is 21.1 Å².